The number of aliphatic hydroxyl groups is 2. The van der Waals surface area contributed by atoms with Crippen LogP contribution in [0.5, 0.6) is 0 Å². The van der Waals surface area contributed by atoms with Gasteiger partial charge in [-0.1, -0.05) is 0 Å². The minimum Gasteiger partial charge on any atom is -0.457 e. The van der Waals surface area contributed by atoms with Crippen molar-refractivity contribution in [2.24, 2.45) is 0 Å². The van der Waals surface area contributed by atoms with Crippen molar-refractivity contribution >= 4 is 11.9 Å². The van der Waals surface area contributed by atoms with E-state index in [1.54, 1.807) is 6.92 Å². The van der Waals surface area contributed by atoms with Gasteiger partial charge in [0.05, 0.1) is 0 Å². The van der Waals surface area contributed by atoms with E-state index >= 15 is 0 Å². The van der Waals surface area contributed by atoms with Crippen LogP contribution >= 0.6 is 0 Å². The first kappa shape index (κ1) is 13.8. The molecule has 88 valence electrons. The lowest BCUT2D eigenvalue weighted by atomic mass is 10.6. The van der Waals surface area contributed by atoms with Gasteiger partial charge in [-0.15, -0.1) is 0 Å². The van der Waals surface area contributed by atoms with Crippen molar-refractivity contribution in [2.75, 3.05) is 26.4 Å². The normalized spacial score (nSPS) is 11.9. The SMILES string of the molecule is CCOC(COC(=O)CO)OC(=O)CO. The Balaban J connectivity index is 3.92. The fourth-order valence-corrected chi connectivity index (χ4v) is 0.693. The van der Waals surface area contributed by atoms with Crippen molar-refractivity contribution < 1.29 is 34.0 Å². The molecule has 0 saturated heterocycles. The van der Waals surface area contributed by atoms with Crippen molar-refractivity contribution in [3.8, 4) is 0 Å². The summed E-state index contributed by atoms with van der Waals surface area (Å²) in [5.74, 6) is -1.73. The van der Waals surface area contributed by atoms with Gasteiger partial charge in [0.25, 0.3) is 0 Å². The highest BCUT2D eigenvalue weighted by Crippen LogP contribution is 1.97. The quantitative estimate of drug-likeness (QED) is 0.396. The highest BCUT2D eigenvalue weighted by Gasteiger charge is 2.15. The number of hydrogen-bond donors (Lipinski definition) is 2. The van der Waals surface area contributed by atoms with Gasteiger partial charge >= 0.3 is 11.9 Å². The summed E-state index contributed by atoms with van der Waals surface area (Å²) in [6, 6.07) is 0. The molecule has 0 spiro atoms. The summed E-state index contributed by atoms with van der Waals surface area (Å²) in [5.41, 5.74) is 0. The van der Waals surface area contributed by atoms with E-state index in [9.17, 15) is 9.59 Å². The topological polar surface area (TPSA) is 102 Å². The van der Waals surface area contributed by atoms with Gasteiger partial charge in [0.15, 0.2) is 6.61 Å². The Morgan fingerprint density at radius 2 is 1.80 bits per heavy atom. The Bertz CT molecular complexity index is 203. The molecular weight excluding hydrogens is 208 g/mol. The zero-order valence-corrected chi connectivity index (χ0v) is 8.34. The first-order valence-corrected chi connectivity index (χ1v) is 4.32. The van der Waals surface area contributed by atoms with Crippen molar-refractivity contribution in [1.82, 2.24) is 0 Å². The number of ether oxygens (including phenoxy) is 3. The fraction of sp³-hybridized carbons (Fsp3) is 0.750. The lowest BCUT2D eigenvalue weighted by molar-refractivity contribution is -0.196. The maximum Gasteiger partial charge on any atom is 0.334 e. The van der Waals surface area contributed by atoms with E-state index in [2.05, 4.69) is 9.47 Å². The predicted octanol–water partition coefficient (Wildman–Crippen LogP) is -1.58. The molecule has 0 bridgehead atoms. The molecule has 2 N–H and O–H groups in total. The second-order valence-electron chi connectivity index (χ2n) is 2.37. The standard InChI is InChI=1S/C8H14O7/c1-2-13-8(15-7(12)4-10)5-14-6(11)3-9/h8-10H,2-5H2,1H3. The minimum absolute atomic E-state index is 0.250. The molecular formula is C8H14O7. The van der Waals surface area contributed by atoms with E-state index in [-0.39, 0.29) is 13.2 Å². The van der Waals surface area contributed by atoms with Gasteiger partial charge in [-0.2, -0.15) is 0 Å². The van der Waals surface area contributed by atoms with E-state index < -0.39 is 31.4 Å². The van der Waals surface area contributed by atoms with Crippen molar-refractivity contribution in [1.29, 1.82) is 0 Å². The van der Waals surface area contributed by atoms with Crippen LogP contribution in [0.3, 0.4) is 0 Å². The summed E-state index contributed by atoms with van der Waals surface area (Å²) in [5, 5.41) is 16.7. The molecule has 0 aromatic rings. The summed E-state index contributed by atoms with van der Waals surface area (Å²) in [7, 11) is 0. The van der Waals surface area contributed by atoms with Crippen LogP contribution < -0.4 is 0 Å². The van der Waals surface area contributed by atoms with E-state index in [0.29, 0.717) is 0 Å². The van der Waals surface area contributed by atoms with Gasteiger partial charge in [-0.05, 0) is 6.92 Å². The van der Waals surface area contributed by atoms with E-state index in [0.717, 1.165) is 0 Å². The summed E-state index contributed by atoms with van der Waals surface area (Å²) in [4.78, 5) is 21.2. The second-order valence-corrected chi connectivity index (χ2v) is 2.37. The third-order valence-corrected chi connectivity index (χ3v) is 1.25. The Morgan fingerprint density at radius 3 is 2.27 bits per heavy atom. The molecule has 0 aliphatic rings. The minimum atomic E-state index is -1.06. The van der Waals surface area contributed by atoms with Crippen molar-refractivity contribution in [3.05, 3.63) is 0 Å². The van der Waals surface area contributed by atoms with Crippen LogP contribution in [0.2, 0.25) is 0 Å². The lowest BCUT2D eigenvalue weighted by Crippen LogP contribution is -2.29. The van der Waals surface area contributed by atoms with Gasteiger partial charge in [0.1, 0.15) is 13.2 Å². The Labute approximate surface area is 86.5 Å². The summed E-state index contributed by atoms with van der Waals surface area (Å²) in [6.07, 6.45) is -1.06. The predicted molar refractivity (Wildman–Crippen MR) is 46.6 cm³/mol. The van der Waals surface area contributed by atoms with Gasteiger partial charge in [-0.25, -0.2) is 9.59 Å². The monoisotopic (exact) mass is 222 g/mol. The molecule has 15 heavy (non-hydrogen) atoms. The second kappa shape index (κ2) is 8.16. The molecule has 0 aromatic carbocycles. The number of hydrogen-bond acceptors (Lipinski definition) is 7. The molecule has 1 atom stereocenters. The zero-order valence-electron chi connectivity index (χ0n) is 8.34. The fourth-order valence-electron chi connectivity index (χ4n) is 0.693. The Kier molecular flexibility index (Phi) is 7.51. The molecule has 0 heterocycles. The molecule has 0 amide bonds. The summed E-state index contributed by atoms with van der Waals surface area (Å²) >= 11 is 0. The van der Waals surface area contributed by atoms with E-state index in [1.807, 2.05) is 0 Å². The van der Waals surface area contributed by atoms with Gasteiger partial charge in [0.2, 0.25) is 6.29 Å². The highest BCUT2D eigenvalue weighted by molar-refractivity contribution is 5.71. The van der Waals surface area contributed by atoms with Crippen LogP contribution in [0.1, 0.15) is 6.92 Å². The van der Waals surface area contributed by atoms with Crippen LogP contribution in [0, 0.1) is 0 Å². The molecule has 0 fully saturated rings. The Morgan fingerprint density at radius 1 is 1.20 bits per heavy atom. The number of esters is 2. The first-order valence-electron chi connectivity index (χ1n) is 4.32. The third-order valence-electron chi connectivity index (χ3n) is 1.25. The van der Waals surface area contributed by atoms with Gasteiger partial charge in [-0.3, -0.25) is 0 Å². The van der Waals surface area contributed by atoms with Crippen molar-refractivity contribution in [2.45, 2.75) is 13.2 Å². The summed E-state index contributed by atoms with van der Waals surface area (Å²) in [6.45, 7) is 0.0526. The Hall–Kier alpha value is -1.18. The smallest absolute Gasteiger partial charge is 0.334 e. The first-order chi connectivity index (χ1) is 7.13. The van der Waals surface area contributed by atoms with Crippen LogP contribution in [0.15, 0.2) is 0 Å². The number of aliphatic hydroxyl groups excluding tert-OH is 2. The molecule has 7 heteroatoms. The molecule has 7 nitrogen and oxygen atoms in total. The molecule has 0 radical (unpaired) electrons. The van der Waals surface area contributed by atoms with Crippen LogP contribution in [-0.4, -0.2) is 54.9 Å². The van der Waals surface area contributed by atoms with Crippen LogP contribution in [-0.2, 0) is 23.8 Å². The average Bonchev–Trinajstić information content (AvgIpc) is 2.25. The van der Waals surface area contributed by atoms with Crippen LogP contribution in [0.25, 0.3) is 0 Å². The molecule has 0 saturated carbocycles. The molecule has 0 rings (SSSR count). The third kappa shape index (κ3) is 6.83. The number of carbonyl (C=O) groups is 2. The number of rotatable bonds is 7. The molecule has 1 unspecified atom stereocenters. The molecule has 0 aromatic heterocycles. The molecule has 0 aliphatic heterocycles. The van der Waals surface area contributed by atoms with E-state index in [4.69, 9.17) is 14.9 Å². The van der Waals surface area contributed by atoms with Gasteiger partial charge in [0, 0.05) is 6.61 Å². The lowest BCUT2D eigenvalue weighted by Gasteiger charge is -2.16. The van der Waals surface area contributed by atoms with Gasteiger partial charge < -0.3 is 24.4 Å². The largest absolute Gasteiger partial charge is 0.457 e. The van der Waals surface area contributed by atoms with Crippen molar-refractivity contribution in [3.63, 3.8) is 0 Å². The molecule has 0 aliphatic carbocycles. The van der Waals surface area contributed by atoms with Crippen LogP contribution in [0.4, 0.5) is 0 Å². The average molecular weight is 222 g/mol. The van der Waals surface area contributed by atoms with E-state index in [1.165, 1.54) is 0 Å². The maximum atomic E-state index is 10.7. The zero-order chi connectivity index (χ0) is 11.7. The maximum absolute atomic E-state index is 10.7. The highest BCUT2D eigenvalue weighted by atomic mass is 16.7. The number of carbonyl (C=O) groups excluding carboxylic acids is 2. The summed E-state index contributed by atoms with van der Waals surface area (Å²) < 4.78 is 13.9.